The molecule has 0 aromatic heterocycles. The molecule has 1 aliphatic carbocycles. The highest BCUT2D eigenvalue weighted by Gasteiger charge is 2.26. The van der Waals surface area contributed by atoms with Gasteiger partial charge in [-0.3, -0.25) is 0 Å². The molecule has 0 amide bonds. The van der Waals surface area contributed by atoms with Gasteiger partial charge in [-0.1, -0.05) is 37.8 Å². The molecular formula is C14H18O. The van der Waals surface area contributed by atoms with Crippen LogP contribution in [0.25, 0.3) is 6.08 Å². The van der Waals surface area contributed by atoms with Crippen LogP contribution in [0.5, 0.6) is 0 Å². The van der Waals surface area contributed by atoms with Gasteiger partial charge in [0.2, 0.25) is 0 Å². The van der Waals surface area contributed by atoms with Gasteiger partial charge in [0.05, 0.1) is 0 Å². The van der Waals surface area contributed by atoms with Crippen molar-refractivity contribution in [2.45, 2.75) is 31.6 Å². The predicted molar refractivity (Wildman–Crippen MR) is 64.0 cm³/mol. The Morgan fingerprint density at radius 2 is 2.27 bits per heavy atom. The lowest BCUT2D eigenvalue weighted by molar-refractivity contribution is 0.273. The summed E-state index contributed by atoms with van der Waals surface area (Å²) >= 11 is 0. The van der Waals surface area contributed by atoms with E-state index in [4.69, 9.17) is 0 Å². The highest BCUT2D eigenvalue weighted by molar-refractivity contribution is 5.59. The average molecular weight is 202 g/mol. The maximum Gasteiger partial charge on any atom is 0.0497 e. The summed E-state index contributed by atoms with van der Waals surface area (Å²) in [6, 6.07) is 6.40. The second kappa shape index (κ2) is 4.19. The van der Waals surface area contributed by atoms with Crippen LogP contribution in [0.2, 0.25) is 0 Å². The van der Waals surface area contributed by atoms with Crippen molar-refractivity contribution < 1.29 is 5.11 Å². The molecule has 2 rings (SSSR count). The number of aliphatic hydroxyl groups is 1. The third kappa shape index (κ3) is 1.98. The Kier molecular flexibility index (Phi) is 2.92. The highest BCUT2D eigenvalue weighted by atomic mass is 16.3. The molecule has 1 aromatic carbocycles. The molecule has 1 fully saturated rings. The van der Waals surface area contributed by atoms with Crippen LogP contribution in [0.3, 0.4) is 0 Å². The quantitative estimate of drug-likeness (QED) is 0.794. The van der Waals surface area contributed by atoms with Gasteiger partial charge in [0.15, 0.2) is 0 Å². The van der Waals surface area contributed by atoms with Gasteiger partial charge in [-0.25, -0.2) is 0 Å². The summed E-state index contributed by atoms with van der Waals surface area (Å²) in [6.07, 6.45) is 4.55. The topological polar surface area (TPSA) is 20.2 Å². The average Bonchev–Trinajstić information content (AvgIpc) is 3.10. The fourth-order valence-corrected chi connectivity index (χ4v) is 2.12. The normalized spacial score (nSPS) is 17.5. The van der Waals surface area contributed by atoms with E-state index in [2.05, 4.69) is 31.7 Å². The molecule has 80 valence electrons. The lowest BCUT2D eigenvalue weighted by Crippen LogP contribution is -2.03. The lowest BCUT2D eigenvalue weighted by Gasteiger charge is -2.15. The zero-order valence-electron chi connectivity index (χ0n) is 9.24. The Morgan fingerprint density at radius 1 is 1.53 bits per heavy atom. The molecule has 0 heterocycles. The molecule has 0 saturated heterocycles. The molecule has 0 aliphatic heterocycles. The van der Waals surface area contributed by atoms with E-state index in [9.17, 15) is 5.11 Å². The SMILES string of the molecule is C=Cc1c(C(C)CO)cccc1C1CC1. The molecular weight excluding hydrogens is 184 g/mol. The number of benzene rings is 1. The maximum absolute atomic E-state index is 9.22. The molecule has 1 saturated carbocycles. The molecule has 1 atom stereocenters. The molecule has 15 heavy (non-hydrogen) atoms. The molecule has 1 N–H and O–H groups in total. The monoisotopic (exact) mass is 202 g/mol. The highest BCUT2D eigenvalue weighted by Crippen LogP contribution is 2.43. The standard InChI is InChI=1S/C14H18O/c1-3-12-13(10(2)9-15)5-4-6-14(12)11-7-8-11/h3-6,10-11,15H,1,7-9H2,2H3. The van der Waals surface area contributed by atoms with E-state index in [1.165, 1.54) is 29.5 Å². The summed E-state index contributed by atoms with van der Waals surface area (Å²) in [5.41, 5.74) is 3.90. The number of hydrogen-bond acceptors (Lipinski definition) is 1. The Bertz CT molecular complexity index is 364. The molecule has 0 radical (unpaired) electrons. The van der Waals surface area contributed by atoms with E-state index < -0.39 is 0 Å². The summed E-state index contributed by atoms with van der Waals surface area (Å²) in [5.74, 6) is 0.945. The van der Waals surface area contributed by atoms with Gasteiger partial charge in [0.1, 0.15) is 0 Å². The van der Waals surface area contributed by atoms with Crippen molar-refractivity contribution in [2.75, 3.05) is 6.61 Å². The van der Waals surface area contributed by atoms with Gasteiger partial charge in [-0.2, -0.15) is 0 Å². The Labute approximate surface area is 91.4 Å². The minimum Gasteiger partial charge on any atom is -0.396 e. The third-order valence-corrected chi connectivity index (χ3v) is 3.20. The Balaban J connectivity index is 2.44. The second-order valence-corrected chi connectivity index (χ2v) is 4.41. The second-order valence-electron chi connectivity index (χ2n) is 4.41. The maximum atomic E-state index is 9.22. The van der Waals surface area contributed by atoms with Gasteiger partial charge in [-0.05, 0) is 35.4 Å². The van der Waals surface area contributed by atoms with E-state index in [0.717, 1.165) is 5.92 Å². The van der Waals surface area contributed by atoms with Crippen LogP contribution in [0.15, 0.2) is 24.8 Å². The minimum absolute atomic E-state index is 0.203. The van der Waals surface area contributed by atoms with Crippen LogP contribution >= 0.6 is 0 Å². The van der Waals surface area contributed by atoms with Crippen molar-refractivity contribution in [3.63, 3.8) is 0 Å². The lowest BCUT2D eigenvalue weighted by atomic mass is 9.91. The van der Waals surface area contributed by atoms with Gasteiger partial charge in [-0.15, -0.1) is 0 Å². The summed E-state index contributed by atoms with van der Waals surface area (Å²) in [7, 11) is 0. The van der Waals surface area contributed by atoms with Gasteiger partial charge in [0.25, 0.3) is 0 Å². The van der Waals surface area contributed by atoms with E-state index in [0.29, 0.717) is 0 Å². The molecule has 0 bridgehead atoms. The summed E-state index contributed by atoms with van der Waals surface area (Å²) in [5, 5.41) is 9.22. The number of aliphatic hydroxyl groups excluding tert-OH is 1. The van der Waals surface area contributed by atoms with Crippen molar-refractivity contribution in [1.82, 2.24) is 0 Å². The van der Waals surface area contributed by atoms with Gasteiger partial charge < -0.3 is 5.11 Å². The fourth-order valence-electron chi connectivity index (χ4n) is 2.12. The molecule has 0 spiro atoms. The third-order valence-electron chi connectivity index (χ3n) is 3.20. The predicted octanol–water partition coefficient (Wildman–Crippen LogP) is 3.30. The summed E-state index contributed by atoms with van der Waals surface area (Å²) in [6.45, 7) is 6.16. The summed E-state index contributed by atoms with van der Waals surface area (Å²) in [4.78, 5) is 0. The fraction of sp³-hybridized carbons (Fsp3) is 0.429. The smallest absolute Gasteiger partial charge is 0.0497 e. The first-order chi connectivity index (χ1) is 7.27. The van der Waals surface area contributed by atoms with E-state index >= 15 is 0 Å². The van der Waals surface area contributed by atoms with Crippen LogP contribution in [0, 0.1) is 0 Å². The zero-order chi connectivity index (χ0) is 10.8. The van der Waals surface area contributed by atoms with Crippen LogP contribution in [-0.2, 0) is 0 Å². The van der Waals surface area contributed by atoms with E-state index in [-0.39, 0.29) is 12.5 Å². The zero-order valence-corrected chi connectivity index (χ0v) is 9.24. The summed E-state index contributed by atoms with van der Waals surface area (Å²) < 4.78 is 0. The van der Waals surface area contributed by atoms with Crippen molar-refractivity contribution in [3.05, 3.63) is 41.5 Å². The van der Waals surface area contributed by atoms with Gasteiger partial charge >= 0.3 is 0 Å². The first kappa shape index (κ1) is 10.4. The molecule has 1 nitrogen and oxygen atoms in total. The molecule has 1 aromatic rings. The van der Waals surface area contributed by atoms with Crippen molar-refractivity contribution in [3.8, 4) is 0 Å². The Hall–Kier alpha value is -1.08. The number of rotatable bonds is 4. The van der Waals surface area contributed by atoms with E-state index in [1.807, 2.05) is 6.08 Å². The van der Waals surface area contributed by atoms with Gasteiger partial charge in [0, 0.05) is 12.5 Å². The largest absolute Gasteiger partial charge is 0.396 e. The van der Waals surface area contributed by atoms with Crippen LogP contribution in [-0.4, -0.2) is 11.7 Å². The minimum atomic E-state index is 0.203. The van der Waals surface area contributed by atoms with Crippen LogP contribution in [0.1, 0.15) is 48.3 Å². The first-order valence-corrected chi connectivity index (χ1v) is 5.64. The van der Waals surface area contributed by atoms with Crippen molar-refractivity contribution in [2.24, 2.45) is 0 Å². The van der Waals surface area contributed by atoms with Crippen LogP contribution < -0.4 is 0 Å². The van der Waals surface area contributed by atoms with Crippen LogP contribution in [0.4, 0.5) is 0 Å². The first-order valence-electron chi connectivity index (χ1n) is 5.64. The number of hydrogen-bond donors (Lipinski definition) is 1. The molecule has 1 unspecified atom stereocenters. The molecule has 1 heteroatoms. The van der Waals surface area contributed by atoms with Crippen molar-refractivity contribution >= 4 is 6.08 Å². The Morgan fingerprint density at radius 3 is 2.80 bits per heavy atom. The van der Waals surface area contributed by atoms with E-state index in [1.54, 1.807) is 0 Å². The molecule has 1 aliphatic rings. The van der Waals surface area contributed by atoms with Crippen molar-refractivity contribution in [1.29, 1.82) is 0 Å².